The lowest BCUT2D eigenvalue weighted by Gasteiger charge is -2.30. The molecule has 83 heavy (non-hydrogen) atoms. The van der Waals surface area contributed by atoms with Gasteiger partial charge in [-0.15, -0.1) is 0 Å². The lowest BCUT2D eigenvalue weighted by molar-refractivity contribution is -0.870. The minimum Gasteiger partial charge on any atom is -0.756 e. The van der Waals surface area contributed by atoms with E-state index in [0.29, 0.717) is 17.4 Å². The molecule has 0 aromatic heterocycles. The molecule has 0 aliphatic heterocycles. The number of phosphoric acid groups is 1. The average Bonchev–Trinajstić information content (AvgIpc) is 3.46. The first kappa shape index (κ1) is 79.7. The number of carbonyl (C=O) groups is 2. The van der Waals surface area contributed by atoms with Crippen molar-refractivity contribution in [2.45, 2.75) is 303 Å². The topological polar surface area (TPSA) is 114 Å². The van der Waals surface area contributed by atoms with Gasteiger partial charge in [0.15, 0.2) is 0 Å². The predicted molar refractivity (Wildman–Crippen MR) is 357 cm³/mol. The molecule has 0 spiro atoms. The summed E-state index contributed by atoms with van der Waals surface area (Å²) < 4.78 is 30.4. The molecule has 0 aromatic rings. The van der Waals surface area contributed by atoms with Gasteiger partial charge in [0.2, 0.25) is 5.91 Å². The molecule has 1 amide bonds. The summed E-state index contributed by atoms with van der Waals surface area (Å²) in [5, 5.41) is 3.01. The van der Waals surface area contributed by atoms with E-state index in [9.17, 15) is 19.0 Å². The Kier molecular flexibility index (Phi) is 59.3. The SMILES string of the molecule is CC/C=C\C/C=C\C/C=C\C/C=C\C/C=C\C/C=C\CCCCC(=O)NC(COP(=O)([O-])OCC[N+](C)(C)C)C(/C=C/CCCCCCCCCCCCC)OC(=O)CCCCCCCCCCCCCCC/C=C\C/C=C\CCCCC. The minimum absolute atomic E-state index is 0.0356. The Balaban J connectivity index is 5.24. The van der Waals surface area contributed by atoms with Gasteiger partial charge in [-0.05, 0) is 115 Å². The molecular weight excluding hydrogens is 1050 g/mol. The van der Waals surface area contributed by atoms with Crippen molar-refractivity contribution in [1.29, 1.82) is 0 Å². The van der Waals surface area contributed by atoms with E-state index in [-0.39, 0.29) is 31.3 Å². The van der Waals surface area contributed by atoms with Crippen LogP contribution in [-0.4, -0.2) is 69.4 Å². The van der Waals surface area contributed by atoms with Gasteiger partial charge in [-0.25, -0.2) is 0 Å². The predicted octanol–water partition coefficient (Wildman–Crippen LogP) is 21.0. The largest absolute Gasteiger partial charge is 0.756 e. The number of ether oxygens (including phenoxy) is 1. The maximum Gasteiger partial charge on any atom is 0.306 e. The van der Waals surface area contributed by atoms with E-state index in [0.717, 1.165) is 96.3 Å². The first-order valence-electron chi connectivity index (χ1n) is 34.2. The van der Waals surface area contributed by atoms with Crippen molar-refractivity contribution in [3.05, 3.63) is 109 Å². The molecule has 3 atom stereocenters. The maximum atomic E-state index is 13.6. The lowest BCUT2D eigenvalue weighted by atomic mass is 10.0. The minimum atomic E-state index is -4.72. The molecule has 0 aliphatic rings. The molecule has 3 unspecified atom stereocenters. The van der Waals surface area contributed by atoms with Crippen LogP contribution in [0.3, 0.4) is 0 Å². The van der Waals surface area contributed by atoms with Crippen LogP contribution in [0, 0.1) is 0 Å². The highest BCUT2D eigenvalue weighted by Crippen LogP contribution is 2.38. The summed E-state index contributed by atoms with van der Waals surface area (Å²) >= 11 is 0. The van der Waals surface area contributed by atoms with Crippen LogP contribution in [0.1, 0.15) is 290 Å². The normalized spacial score (nSPS) is 14.3. The molecule has 9 nitrogen and oxygen atoms in total. The van der Waals surface area contributed by atoms with Crippen LogP contribution in [0.15, 0.2) is 109 Å². The van der Waals surface area contributed by atoms with E-state index in [2.05, 4.69) is 123 Å². The van der Waals surface area contributed by atoms with Gasteiger partial charge in [0.05, 0.1) is 33.8 Å². The van der Waals surface area contributed by atoms with E-state index in [4.69, 9.17) is 13.8 Å². The summed E-state index contributed by atoms with van der Waals surface area (Å²) in [5.74, 6) is -0.592. The van der Waals surface area contributed by atoms with Crippen molar-refractivity contribution in [2.75, 3.05) is 40.9 Å². The molecule has 0 radical (unpaired) electrons. The zero-order valence-corrected chi connectivity index (χ0v) is 55.5. The molecule has 0 bridgehead atoms. The third-order valence-corrected chi connectivity index (χ3v) is 15.7. The first-order chi connectivity index (χ1) is 40.4. The van der Waals surface area contributed by atoms with E-state index in [1.54, 1.807) is 0 Å². The van der Waals surface area contributed by atoms with Crippen LogP contribution >= 0.6 is 7.82 Å². The zero-order valence-electron chi connectivity index (χ0n) is 54.6. The number of amides is 1. The highest BCUT2D eigenvalue weighted by molar-refractivity contribution is 7.45. The molecule has 10 heteroatoms. The Morgan fingerprint density at radius 3 is 1.19 bits per heavy atom. The average molecular weight is 1180 g/mol. The van der Waals surface area contributed by atoms with Gasteiger partial charge >= 0.3 is 5.97 Å². The lowest BCUT2D eigenvalue weighted by Crippen LogP contribution is -2.47. The highest BCUT2D eigenvalue weighted by Gasteiger charge is 2.27. The van der Waals surface area contributed by atoms with Gasteiger partial charge in [0, 0.05) is 12.8 Å². The van der Waals surface area contributed by atoms with Crippen molar-refractivity contribution >= 4 is 19.7 Å². The van der Waals surface area contributed by atoms with Crippen molar-refractivity contribution in [2.24, 2.45) is 0 Å². The molecule has 0 rings (SSSR count). The van der Waals surface area contributed by atoms with E-state index in [1.165, 1.54) is 154 Å². The number of carbonyl (C=O) groups excluding carboxylic acids is 2. The second-order valence-electron chi connectivity index (χ2n) is 23.9. The summed E-state index contributed by atoms with van der Waals surface area (Å²) in [5.41, 5.74) is 0. The Morgan fingerprint density at radius 1 is 0.434 bits per heavy atom. The van der Waals surface area contributed by atoms with Crippen LogP contribution in [0.25, 0.3) is 0 Å². The van der Waals surface area contributed by atoms with Crippen LogP contribution in [0.4, 0.5) is 0 Å². The molecule has 0 aromatic carbocycles. The third kappa shape index (κ3) is 63.0. The van der Waals surface area contributed by atoms with E-state index >= 15 is 0 Å². The molecule has 0 saturated carbocycles. The fourth-order valence-electron chi connectivity index (χ4n) is 9.44. The molecule has 0 heterocycles. The quantitative estimate of drug-likeness (QED) is 0.0212. The molecular formula is C73H129N2O7P. The smallest absolute Gasteiger partial charge is 0.306 e. The summed E-state index contributed by atoms with van der Waals surface area (Å²) in [6.07, 6.45) is 84.9. The maximum absolute atomic E-state index is 13.6. The second-order valence-corrected chi connectivity index (χ2v) is 25.4. The van der Waals surface area contributed by atoms with Crippen molar-refractivity contribution < 1.29 is 37.3 Å². The van der Waals surface area contributed by atoms with Crippen LogP contribution in [-0.2, 0) is 27.9 Å². The highest BCUT2D eigenvalue weighted by atomic mass is 31.2. The zero-order chi connectivity index (χ0) is 60.7. The van der Waals surface area contributed by atoms with Crippen LogP contribution < -0.4 is 10.2 Å². The first-order valence-corrected chi connectivity index (χ1v) is 35.7. The van der Waals surface area contributed by atoms with Gasteiger partial charge in [-0.1, -0.05) is 272 Å². The number of nitrogens with zero attached hydrogens (tertiary/aromatic N) is 1. The number of phosphoric ester groups is 1. The van der Waals surface area contributed by atoms with Crippen molar-refractivity contribution in [1.82, 2.24) is 5.32 Å². The number of unbranched alkanes of at least 4 members (excludes halogenated alkanes) is 29. The Bertz CT molecular complexity index is 1790. The fraction of sp³-hybridized carbons (Fsp3) is 0.726. The van der Waals surface area contributed by atoms with Gasteiger partial charge < -0.3 is 28.5 Å². The molecule has 0 fully saturated rings. The van der Waals surface area contributed by atoms with Gasteiger partial charge in [-0.2, -0.15) is 0 Å². The standard InChI is InChI=1S/C73H129N2O7P/c1-7-10-13-16-19-22-25-28-30-32-34-36-37-39-41-43-45-48-51-54-57-60-63-66-73(77)82-71(64-61-58-55-52-49-46-27-24-21-18-15-12-9-3)70(69-81-83(78,79)80-68-67-75(4,5)6)74-72(76)65-62-59-56-53-50-47-44-42-40-38-35-33-31-29-26-23-20-17-14-11-8-2/h11,14,19-20,22-23,28-31,35,38,42,44,50,53,61,64,70-71H,7-10,12-13,15-18,21,24-27,32-34,36-37,39-41,43,45-49,51-52,54-60,62-63,65-69H2,1-6H3,(H-,74,76,78,79)/b14-11-,22-19-,23-20-,30-28-,31-29-,38-35-,44-42-,53-50-,64-61+. The molecule has 0 aliphatic carbocycles. The summed E-state index contributed by atoms with van der Waals surface area (Å²) in [4.78, 5) is 40.1. The fourth-order valence-corrected chi connectivity index (χ4v) is 10.2. The third-order valence-electron chi connectivity index (χ3n) is 14.7. The van der Waals surface area contributed by atoms with Crippen molar-refractivity contribution in [3.63, 3.8) is 0 Å². The number of hydrogen-bond acceptors (Lipinski definition) is 7. The molecule has 1 N–H and O–H groups in total. The monoisotopic (exact) mass is 1180 g/mol. The second kappa shape index (κ2) is 61.7. The molecule has 478 valence electrons. The number of likely N-dealkylation sites (N-methyl/N-ethyl adjacent to an activating group) is 1. The van der Waals surface area contributed by atoms with E-state index in [1.807, 2.05) is 33.3 Å². The Labute approximate surface area is 512 Å². The Morgan fingerprint density at radius 2 is 0.771 bits per heavy atom. The number of hydrogen-bond donors (Lipinski definition) is 1. The molecule has 0 saturated heterocycles. The van der Waals surface area contributed by atoms with Gasteiger partial charge in [0.25, 0.3) is 7.82 Å². The summed E-state index contributed by atoms with van der Waals surface area (Å²) in [6.45, 7) is 6.68. The van der Waals surface area contributed by atoms with Crippen LogP contribution in [0.5, 0.6) is 0 Å². The summed E-state index contributed by atoms with van der Waals surface area (Å²) in [6, 6.07) is -0.919. The number of nitrogens with one attached hydrogen (secondary N) is 1. The summed E-state index contributed by atoms with van der Waals surface area (Å²) in [7, 11) is 1.15. The Hall–Kier alpha value is -3.33. The van der Waals surface area contributed by atoms with Crippen LogP contribution in [0.2, 0.25) is 0 Å². The number of esters is 1. The van der Waals surface area contributed by atoms with Gasteiger partial charge in [0.1, 0.15) is 19.3 Å². The van der Waals surface area contributed by atoms with Gasteiger partial charge in [-0.3, -0.25) is 14.2 Å². The number of quaternary nitrogens is 1. The number of rotatable bonds is 61. The van der Waals surface area contributed by atoms with E-state index < -0.39 is 26.6 Å². The van der Waals surface area contributed by atoms with Crippen molar-refractivity contribution in [3.8, 4) is 0 Å². The number of allylic oxidation sites excluding steroid dienone is 17.